The summed E-state index contributed by atoms with van der Waals surface area (Å²) in [5.41, 5.74) is 0.709. The summed E-state index contributed by atoms with van der Waals surface area (Å²) in [4.78, 5) is 27.8. The summed E-state index contributed by atoms with van der Waals surface area (Å²) in [6.45, 7) is -0.910. The summed E-state index contributed by atoms with van der Waals surface area (Å²) in [7, 11) is -1.81. The molecule has 3 aliphatic heterocycles. The van der Waals surface area contributed by atoms with Gasteiger partial charge in [0.25, 0.3) is 10.2 Å². The Morgan fingerprint density at radius 3 is 2.42 bits per heavy atom. The Morgan fingerprint density at radius 2 is 1.75 bits per heavy atom. The van der Waals surface area contributed by atoms with Gasteiger partial charge in [0.1, 0.15) is 11.8 Å². The van der Waals surface area contributed by atoms with Crippen LogP contribution >= 0.6 is 0 Å². The molecular formula is C23H33F2N5O5S. The summed E-state index contributed by atoms with van der Waals surface area (Å²) >= 11 is 0. The van der Waals surface area contributed by atoms with Crippen molar-refractivity contribution in [2.24, 2.45) is 5.92 Å². The lowest BCUT2D eigenvalue weighted by Gasteiger charge is -2.42. The summed E-state index contributed by atoms with van der Waals surface area (Å²) in [5.74, 6) is -0.914. The van der Waals surface area contributed by atoms with Gasteiger partial charge in [-0.15, -0.1) is 0 Å². The number of piperidine rings is 1. The van der Waals surface area contributed by atoms with E-state index in [1.807, 2.05) is 0 Å². The molecule has 2 N–H and O–H groups in total. The smallest absolute Gasteiger partial charge is 0.387 e. The van der Waals surface area contributed by atoms with Gasteiger partial charge in [0.05, 0.1) is 5.92 Å². The minimum Gasteiger partial charge on any atom is -0.435 e. The third-order valence-corrected chi connectivity index (χ3v) is 9.03. The predicted octanol–water partition coefficient (Wildman–Crippen LogP) is 0.756. The first-order valence-electron chi connectivity index (χ1n) is 12.2. The molecular weight excluding hydrogens is 496 g/mol. The molecule has 1 aromatic rings. The molecule has 3 saturated heterocycles. The van der Waals surface area contributed by atoms with Crippen LogP contribution in [-0.4, -0.2) is 92.2 Å². The topological polar surface area (TPSA) is 111 Å². The number of likely N-dealkylation sites (N-methyl/N-ethyl adjacent to an activating group) is 1. The minimum atomic E-state index is -3.61. The second-order valence-electron chi connectivity index (χ2n) is 9.44. The number of halogens is 2. The number of nitrogens with one attached hydrogen (secondary N) is 2. The number of carbonyl (C=O) groups is 2. The molecule has 36 heavy (non-hydrogen) atoms. The molecule has 3 fully saturated rings. The average molecular weight is 530 g/mol. The van der Waals surface area contributed by atoms with Crippen molar-refractivity contribution < 1.29 is 31.5 Å². The largest absolute Gasteiger partial charge is 0.435 e. The van der Waals surface area contributed by atoms with Gasteiger partial charge in [-0.05, 0) is 50.4 Å². The van der Waals surface area contributed by atoms with Gasteiger partial charge in [-0.3, -0.25) is 9.59 Å². The molecule has 0 unspecified atom stereocenters. The zero-order valence-electron chi connectivity index (χ0n) is 20.2. The molecule has 0 radical (unpaired) electrons. The van der Waals surface area contributed by atoms with Crippen molar-refractivity contribution in [3.05, 3.63) is 29.8 Å². The molecule has 2 amide bonds. The van der Waals surface area contributed by atoms with Crippen LogP contribution in [0.3, 0.4) is 0 Å². The monoisotopic (exact) mass is 529 g/mol. The number of likely N-dealkylation sites (tertiary alicyclic amines) is 1. The molecule has 4 rings (SSSR count). The van der Waals surface area contributed by atoms with Gasteiger partial charge in [-0.25, -0.2) is 0 Å². The zero-order valence-corrected chi connectivity index (χ0v) is 21.1. The van der Waals surface area contributed by atoms with Crippen LogP contribution in [0.5, 0.6) is 5.75 Å². The second kappa shape index (κ2) is 11.4. The lowest BCUT2D eigenvalue weighted by atomic mass is 9.97. The molecule has 200 valence electrons. The molecule has 0 aromatic heterocycles. The quantitative estimate of drug-likeness (QED) is 0.489. The fraction of sp³-hybridized carbons (Fsp3) is 0.652. The molecule has 3 aliphatic rings. The number of alkyl halides is 2. The third-order valence-electron chi connectivity index (χ3n) is 7.10. The maximum atomic E-state index is 13.4. The van der Waals surface area contributed by atoms with Crippen LogP contribution in [-0.2, 0) is 26.3 Å². The van der Waals surface area contributed by atoms with Gasteiger partial charge in [0.15, 0.2) is 0 Å². The van der Waals surface area contributed by atoms with Crippen molar-refractivity contribution in [2.45, 2.75) is 50.9 Å². The van der Waals surface area contributed by atoms with Gasteiger partial charge in [0.2, 0.25) is 11.8 Å². The van der Waals surface area contributed by atoms with E-state index in [1.54, 1.807) is 24.1 Å². The third kappa shape index (κ3) is 5.96. The maximum Gasteiger partial charge on any atom is 0.387 e. The molecule has 0 bridgehead atoms. The maximum absolute atomic E-state index is 13.4. The van der Waals surface area contributed by atoms with Gasteiger partial charge < -0.3 is 20.3 Å². The van der Waals surface area contributed by atoms with Gasteiger partial charge in [0, 0.05) is 45.3 Å². The fourth-order valence-corrected chi connectivity index (χ4v) is 6.75. The van der Waals surface area contributed by atoms with Crippen molar-refractivity contribution in [3.63, 3.8) is 0 Å². The number of carbonyl (C=O) groups excluding carboxylic acids is 2. The molecule has 10 nitrogen and oxygen atoms in total. The number of ether oxygens (including phenoxy) is 1. The Hall–Kier alpha value is -2.35. The van der Waals surface area contributed by atoms with Crippen LogP contribution in [0.1, 0.15) is 31.2 Å². The number of hydrogen-bond acceptors (Lipinski definition) is 6. The molecule has 0 saturated carbocycles. The van der Waals surface area contributed by atoms with E-state index >= 15 is 0 Å². The van der Waals surface area contributed by atoms with Gasteiger partial charge >= 0.3 is 6.61 Å². The zero-order chi connectivity index (χ0) is 25.9. The normalized spacial score (nSPS) is 24.1. The van der Waals surface area contributed by atoms with E-state index < -0.39 is 28.8 Å². The first kappa shape index (κ1) is 26.7. The molecule has 3 heterocycles. The van der Waals surface area contributed by atoms with E-state index in [2.05, 4.69) is 15.4 Å². The first-order chi connectivity index (χ1) is 17.2. The molecule has 13 heteroatoms. The lowest BCUT2D eigenvalue weighted by molar-refractivity contribution is -0.142. The predicted molar refractivity (Wildman–Crippen MR) is 127 cm³/mol. The van der Waals surface area contributed by atoms with Crippen LogP contribution in [0.2, 0.25) is 0 Å². The average Bonchev–Trinajstić information content (AvgIpc) is 3.32. The highest BCUT2D eigenvalue weighted by Crippen LogP contribution is 2.28. The van der Waals surface area contributed by atoms with Crippen molar-refractivity contribution in [2.75, 3.05) is 39.8 Å². The molecule has 0 aliphatic carbocycles. The van der Waals surface area contributed by atoms with E-state index in [4.69, 9.17) is 0 Å². The molecule has 0 spiro atoms. The summed E-state index contributed by atoms with van der Waals surface area (Å²) in [6, 6.07) is 5.52. The highest BCUT2D eigenvalue weighted by molar-refractivity contribution is 7.86. The Bertz CT molecular complexity index is 1040. The lowest BCUT2D eigenvalue weighted by Crippen LogP contribution is -2.63. The minimum absolute atomic E-state index is 0.0344. The van der Waals surface area contributed by atoms with Crippen LogP contribution in [0.25, 0.3) is 0 Å². The van der Waals surface area contributed by atoms with E-state index in [1.165, 1.54) is 20.7 Å². The summed E-state index contributed by atoms with van der Waals surface area (Å²) in [6.07, 6.45) is 2.40. The number of benzene rings is 1. The number of hydrogen-bond donors (Lipinski definition) is 2. The fourth-order valence-electron chi connectivity index (χ4n) is 4.96. The van der Waals surface area contributed by atoms with Crippen molar-refractivity contribution in [1.82, 2.24) is 24.1 Å². The Labute approximate surface area is 210 Å². The Kier molecular flexibility index (Phi) is 8.43. The van der Waals surface area contributed by atoms with Crippen molar-refractivity contribution in [3.8, 4) is 5.75 Å². The SMILES string of the molecule is CNC1CN(S(=O)(=O)N2CCC[C@H](C(=O)N3CCC[C@@H]3C(=O)NCc3ccc(OC(F)F)cc3)C2)C1. The van der Waals surface area contributed by atoms with E-state index in [-0.39, 0.29) is 36.7 Å². The summed E-state index contributed by atoms with van der Waals surface area (Å²) in [5, 5.41) is 5.88. The first-order valence-corrected chi connectivity index (χ1v) is 13.6. The standard InChI is InChI=1S/C23H33F2N5O5S/c1-26-18-14-29(15-18)36(33,34)28-10-2-4-17(13-28)22(32)30-11-3-5-20(30)21(31)27-12-16-6-8-19(9-7-16)35-23(24)25/h6-9,17-18,20,23,26H,2-5,10-15H2,1H3,(H,27,31)/t17-,20+/m0/s1. The highest BCUT2D eigenvalue weighted by Gasteiger charge is 2.43. The van der Waals surface area contributed by atoms with Crippen LogP contribution in [0, 0.1) is 5.92 Å². The number of rotatable bonds is 9. The number of amides is 2. The Balaban J connectivity index is 1.32. The van der Waals surface area contributed by atoms with Crippen LogP contribution in [0.4, 0.5) is 8.78 Å². The highest BCUT2D eigenvalue weighted by atomic mass is 32.2. The van der Waals surface area contributed by atoms with Crippen LogP contribution in [0.15, 0.2) is 24.3 Å². The summed E-state index contributed by atoms with van der Waals surface area (Å²) < 4.78 is 57.7. The van der Waals surface area contributed by atoms with E-state index in [0.717, 1.165) is 0 Å². The molecule has 1 aromatic carbocycles. The molecule has 2 atom stereocenters. The van der Waals surface area contributed by atoms with E-state index in [9.17, 15) is 26.8 Å². The Morgan fingerprint density at radius 1 is 1.06 bits per heavy atom. The van der Waals surface area contributed by atoms with Gasteiger partial charge in [-0.2, -0.15) is 25.8 Å². The van der Waals surface area contributed by atoms with E-state index in [0.29, 0.717) is 57.4 Å². The second-order valence-corrected chi connectivity index (χ2v) is 11.4. The van der Waals surface area contributed by atoms with Crippen LogP contribution < -0.4 is 15.4 Å². The van der Waals surface area contributed by atoms with Crippen molar-refractivity contribution >= 4 is 22.0 Å². The van der Waals surface area contributed by atoms with Crippen molar-refractivity contribution in [1.29, 1.82) is 0 Å². The van der Waals surface area contributed by atoms with Gasteiger partial charge in [-0.1, -0.05) is 12.1 Å². The number of nitrogens with zero attached hydrogens (tertiary/aromatic N) is 3.